The number of nitrogens with one attached hydrogen (secondary N) is 1. The van der Waals surface area contributed by atoms with Crippen LogP contribution in [-0.2, 0) is 4.79 Å². The van der Waals surface area contributed by atoms with Crippen molar-refractivity contribution in [2.75, 3.05) is 18.5 Å². The maximum atomic E-state index is 10.5. The van der Waals surface area contributed by atoms with Gasteiger partial charge < -0.3 is 0 Å². The monoisotopic (exact) mass is 444 g/mol. The molecule has 0 aliphatic rings. The van der Waals surface area contributed by atoms with Crippen LogP contribution in [0.1, 0.15) is 18.1 Å². The van der Waals surface area contributed by atoms with Gasteiger partial charge in [0, 0.05) is 29.4 Å². The predicted octanol–water partition coefficient (Wildman–Crippen LogP) is 4.47. The van der Waals surface area contributed by atoms with E-state index in [9.17, 15) is 4.79 Å². The van der Waals surface area contributed by atoms with Crippen molar-refractivity contribution in [1.82, 2.24) is 19.3 Å². The molecular formula is C24H24N6OS. The molecule has 3 heterocycles. The van der Waals surface area contributed by atoms with Gasteiger partial charge in [0.05, 0.1) is 17.3 Å². The largest absolute Gasteiger partial charge is 0.300 e. The molecule has 0 fully saturated rings. The second-order valence-corrected chi connectivity index (χ2v) is 7.91. The molecule has 0 aliphatic heterocycles. The molecule has 0 saturated carbocycles. The van der Waals surface area contributed by atoms with Crippen molar-refractivity contribution in [3.8, 4) is 17.2 Å². The number of pyridine rings is 2. The van der Waals surface area contributed by atoms with Crippen LogP contribution >= 0.6 is 11.9 Å². The summed E-state index contributed by atoms with van der Waals surface area (Å²) in [7, 11) is 1.92. The molecule has 3 aromatic heterocycles. The number of amides is 1. The first-order chi connectivity index (χ1) is 15.6. The van der Waals surface area contributed by atoms with Crippen molar-refractivity contribution in [2.45, 2.75) is 18.7 Å². The molecule has 1 aromatic carbocycles. The number of nitriles is 1. The van der Waals surface area contributed by atoms with E-state index in [2.05, 4.69) is 58.1 Å². The lowest BCUT2D eigenvalue weighted by Crippen LogP contribution is -2.21. The molecule has 8 heteroatoms. The minimum Gasteiger partial charge on any atom is -0.300 e. The van der Waals surface area contributed by atoms with Crippen LogP contribution in [0.4, 0.5) is 5.82 Å². The number of carbonyl (C=O) groups is 1. The first-order valence-electron chi connectivity index (χ1n) is 10.1. The molecule has 7 nitrogen and oxygen atoms in total. The molecule has 0 aliphatic carbocycles. The minimum atomic E-state index is 0.491. The lowest BCUT2D eigenvalue weighted by molar-refractivity contribution is -0.107. The topological polar surface area (TPSA) is 86.3 Å². The van der Waals surface area contributed by atoms with Gasteiger partial charge in [-0.25, -0.2) is 9.50 Å². The van der Waals surface area contributed by atoms with E-state index in [0.717, 1.165) is 5.52 Å². The summed E-state index contributed by atoms with van der Waals surface area (Å²) >= 11 is 1.62. The number of rotatable bonds is 6. The fourth-order valence-corrected chi connectivity index (χ4v) is 3.55. The summed E-state index contributed by atoms with van der Waals surface area (Å²) in [6, 6.07) is 18.0. The molecule has 1 N–H and O–H groups in total. The van der Waals surface area contributed by atoms with E-state index in [1.165, 1.54) is 32.7 Å². The Labute approximate surface area is 191 Å². The number of benzene rings is 1. The molecular weight excluding hydrogens is 420 g/mol. The van der Waals surface area contributed by atoms with E-state index in [1.54, 1.807) is 24.1 Å². The molecule has 4 rings (SSSR count). The van der Waals surface area contributed by atoms with Crippen LogP contribution in [0.3, 0.4) is 0 Å². The van der Waals surface area contributed by atoms with Gasteiger partial charge in [0.15, 0.2) is 0 Å². The van der Waals surface area contributed by atoms with Gasteiger partial charge in [-0.15, -0.1) is 0 Å². The minimum absolute atomic E-state index is 0.491. The number of aromatic nitrogens is 3. The Bertz CT molecular complexity index is 1210. The third kappa shape index (κ3) is 5.52. The average Bonchev–Trinajstić information content (AvgIpc) is 3.24. The maximum Gasteiger partial charge on any atom is 0.215 e. The number of carbonyl (C=O) groups excluding carboxylic acids is 1. The van der Waals surface area contributed by atoms with Gasteiger partial charge in [-0.05, 0) is 80.4 Å². The number of aryl methyl sites for hydroxylation is 1. The zero-order valence-corrected chi connectivity index (χ0v) is 19.0. The van der Waals surface area contributed by atoms with Gasteiger partial charge >= 0.3 is 0 Å². The zero-order valence-electron chi connectivity index (χ0n) is 18.2. The van der Waals surface area contributed by atoms with Crippen LogP contribution in [-0.4, -0.2) is 34.6 Å². The van der Waals surface area contributed by atoms with Crippen molar-refractivity contribution >= 4 is 29.7 Å². The van der Waals surface area contributed by atoms with Gasteiger partial charge in [-0.1, -0.05) is 12.1 Å². The van der Waals surface area contributed by atoms with Crippen LogP contribution in [0, 0.1) is 18.3 Å². The van der Waals surface area contributed by atoms with Gasteiger partial charge in [0.2, 0.25) is 6.41 Å². The second kappa shape index (κ2) is 11.1. The Morgan fingerprint density at radius 3 is 2.56 bits per heavy atom. The van der Waals surface area contributed by atoms with E-state index >= 15 is 0 Å². The highest BCUT2D eigenvalue weighted by molar-refractivity contribution is 7.97. The van der Waals surface area contributed by atoms with Gasteiger partial charge in [0.25, 0.3) is 0 Å². The summed E-state index contributed by atoms with van der Waals surface area (Å²) in [4.78, 5) is 17.1. The van der Waals surface area contributed by atoms with E-state index in [0.29, 0.717) is 24.3 Å². The fraction of sp³-hybridized carbons (Fsp3) is 0.167. The van der Waals surface area contributed by atoms with Gasteiger partial charge in [-0.3, -0.25) is 14.4 Å². The number of fused-ring (bicyclic) bond motifs is 1. The third-order valence-electron chi connectivity index (χ3n) is 4.70. The summed E-state index contributed by atoms with van der Waals surface area (Å²) < 4.78 is 4.99. The standard InChI is InChI=1S/C15H15N3S.C9H9N3O/c1-11-7-8-18-15(9-11)14(10-17-18)12-3-5-13(6-4-12)19-16-2;1-2-12(7-13)9-4-3-8(5-10)6-11-9/h3-10,16H,1-2H3;3-4,6-7H,2H2,1H3. The Morgan fingerprint density at radius 1 is 1.19 bits per heavy atom. The van der Waals surface area contributed by atoms with E-state index in [1.807, 2.05) is 36.9 Å². The van der Waals surface area contributed by atoms with E-state index in [-0.39, 0.29) is 0 Å². The molecule has 1 amide bonds. The van der Waals surface area contributed by atoms with Crippen LogP contribution < -0.4 is 9.62 Å². The van der Waals surface area contributed by atoms with Crippen molar-refractivity contribution in [3.05, 3.63) is 78.2 Å². The van der Waals surface area contributed by atoms with Crippen LogP contribution in [0.2, 0.25) is 0 Å². The van der Waals surface area contributed by atoms with E-state index < -0.39 is 0 Å². The molecule has 0 atom stereocenters. The Hall–Kier alpha value is -3.67. The quantitative estimate of drug-likeness (QED) is 0.349. The van der Waals surface area contributed by atoms with Gasteiger partial charge in [-0.2, -0.15) is 10.4 Å². The number of anilines is 1. The first kappa shape index (κ1) is 23.0. The van der Waals surface area contributed by atoms with Crippen molar-refractivity contribution in [3.63, 3.8) is 0 Å². The highest BCUT2D eigenvalue weighted by Gasteiger charge is 2.07. The lowest BCUT2D eigenvalue weighted by atomic mass is 10.1. The maximum absolute atomic E-state index is 10.5. The second-order valence-electron chi connectivity index (χ2n) is 6.83. The van der Waals surface area contributed by atoms with Crippen LogP contribution in [0.5, 0.6) is 0 Å². The SMILES string of the molecule is CCN(C=O)c1ccc(C#N)cn1.CNSc1ccc(-c2cnn3ccc(C)cc23)cc1. The molecule has 0 saturated heterocycles. The Morgan fingerprint density at radius 2 is 1.97 bits per heavy atom. The predicted molar refractivity (Wildman–Crippen MR) is 128 cm³/mol. The molecule has 4 aromatic rings. The molecule has 32 heavy (non-hydrogen) atoms. The van der Waals surface area contributed by atoms with Crippen molar-refractivity contribution < 1.29 is 4.79 Å². The van der Waals surface area contributed by atoms with E-state index in [4.69, 9.17) is 5.26 Å². The van der Waals surface area contributed by atoms with Crippen molar-refractivity contribution in [2.24, 2.45) is 0 Å². The highest BCUT2D eigenvalue weighted by atomic mass is 32.2. The summed E-state index contributed by atoms with van der Waals surface area (Å²) in [6.45, 7) is 4.53. The number of nitrogens with zero attached hydrogens (tertiary/aromatic N) is 5. The number of hydrogen-bond acceptors (Lipinski definition) is 6. The average molecular weight is 445 g/mol. The Balaban J connectivity index is 0.000000195. The summed E-state index contributed by atoms with van der Waals surface area (Å²) in [5.74, 6) is 0.566. The third-order valence-corrected chi connectivity index (χ3v) is 5.41. The fourth-order valence-electron chi connectivity index (χ4n) is 3.04. The molecule has 0 radical (unpaired) electrons. The molecule has 162 valence electrons. The molecule has 0 bridgehead atoms. The lowest BCUT2D eigenvalue weighted by Gasteiger charge is -2.12. The zero-order chi connectivity index (χ0) is 22.9. The number of hydrogen-bond donors (Lipinski definition) is 1. The normalized spacial score (nSPS) is 10.2. The Kier molecular flexibility index (Phi) is 7.97. The van der Waals surface area contributed by atoms with Gasteiger partial charge in [0.1, 0.15) is 11.9 Å². The van der Waals surface area contributed by atoms with Crippen LogP contribution in [0.25, 0.3) is 16.6 Å². The smallest absolute Gasteiger partial charge is 0.215 e. The molecule has 0 spiro atoms. The highest BCUT2D eigenvalue weighted by Crippen LogP contribution is 2.27. The van der Waals surface area contributed by atoms with Crippen molar-refractivity contribution in [1.29, 1.82) is 5.26 Å². The summed E-state index contributed by atoms with van der Waals surface area (Å²) in [5.41, 5.74) is 5.25. The molecule has 0 unspecified atom stereocenters. The summed E-state index contributed by atoms with van der Waals surface area (Å²) in [6.07, 6.45) is 6.09. The first-order valence-corrected chi connectivity index (χ1v) is 10.9. The van der Waals surface area contributed by atoms with Crippen LogP contribution in [0.15, 0.2) is 72.0 Å². The summed E-state index contributed by atoms with van der Waals surface area (Å²) in [5, 5.41) is 12.9.